The highest BCUT2D eigenvalue weighted by Gasteiger charge is 2.29. The summed E-state index contributed by atoms with van der Waals surface area (Å²) in [4.78, 5) is 13.3. The molecule has 1 rings (SSSR count). The Morgan fingerprint density at radius 1 is 1.53 bits per heavy atom. The molecule has 1 aliphatic rings. The minimum Gasteiger partial charge on any atom is -0.352 e. The first-order valence-corrected chi connectivity index (χ1v) is 5.68. The molecule has 1 atom stereocenters. The topological polar surface area (TPSA) is 32.3 Å². The van der Waals surface area contributed by atoms with Crippen molar-refractivity contribution in [2.45, 2.75) is 39.4 Å². The van der Waals surface area contributed by atoms with Crippen LogP contribution in [0.2, 0.25) is 0 Å². The number of carbonyl (C=O) groups is 1. The molecule has 15 heavy (non-hydrogen) atoms. The Balaban J connectivity index is 2.34. The van der Waals surface area contributed by atoms with Gasteiger partial charge in [-0.25, -0.2) is 4.39 Å². The van der Waals surface area contributed by atoms with Crippen molar-refractivity contribution in [1.82, 2.24) is 10.2 Å². The normalized spacial score (nSPS) is 20.1. The molecule has 0 bridgehead atoms. The van der Waals surface area contributed by atoms with Crippen molar-refractivity contribution in [2.75, 3.05) is 19.6 Å². The lowest BCUT2D eigenvalue weighted by molar-refractivity contribution is -0.122. The van der Waals surface area contributed by atoms with Crippen LogP contribution >= 0.6 is 0 Å². The standard InChI is InChI=1S/C11H21FN2O/c1-4-11(15)13-10(8(2)3)7-14-5-9(12)6-14/h8-10H,4-7H2,1-3H3,(H,13,15). The van der Waals surface area contributed by atoms with Crippen LogP contribution in [0.5, 0.6) is 0 Å². The zero-order valence-electron chi connectivity index (χ0n) is 9.79. The second-order valence-electron chi connectivity index (χ2n) is 4.59. The molecule has 1 saturated heterocycles. The number of likely N-dealkylation sites (tertiary alicyclic amines) is 1. The van der Waals surface area contributed by atoms with E-state index in [0.29, 0.717) is 25.4 Å². The van der Waals surface area contributed by atoms with Crippen LogP contribution in [0.15, 0.2) is 0 Å². The molecule has 1 N–H and O–H groups in total. The van der Waals surface area contributed by atoms with Crippen molar-refractivity contribution in [1.29, 1.82) is 0 Å². The van der Waals surface area contributed by atoms with Crippen molar-refractivity contribution in [3.63, 3.8) is 0 Å². The highest BCUT2D eigenvalue weighted by Crippen LogP contribution is 2.14. The van der Waals surface area contributed by atoms with Crippen LogP contribution in [0.3, 0.4) is 0 Å². The number of rotatable bonds is 5. The van der Waals surface area contributed by atoms with Crippen molar-refractivity contribution in [3.8, 4) is 0 Å². The van der Waals surface area contributed by atoms with E-state index in [1.54, 1.807) is 0 Å². The average molecular weight is 216 g/mol. The highest BCUT2D eigenvalue weighted by atomic mass is 19.1. The van der Waals surface area contributed by atoms with Gasteiger partial charge in [0.15, 0.2) is 0 Å². The van der Waals surface area contributed by atoms with Crippen LogP contribution in [-0.4, -0.2) is 42.7 Å². The third-order valence-electron chi connectivity index (χ3n) is 2.84. The van der Waals surface area contributed by atoms with Crippen molar-refractivity contribution in [2.24, 2.45) is 5.92 Å². The molecule has 1 aliphatic heterocycles. The fourth-order valence-electron chi connectivity index (χ4n) is 1.67. The van der Waals surface area contributed by atoms with Gasteiger partial charge in [0, 0.05) is 32.1 Å². The lowest BCUT2D eigenvalue weighted by Gasteiger charge is -2.38. The van der Waals surface area contributed by atoms with Gasteiger partial charge in [0.1, 0.15) is 6.17 Å². The van der Waals surface area contributed by atoms with Gasteiger partial charge < -0.3 is 5.32 Å². The second kappa shape index (κ2) is 5.45. The van der Waals surface area contributed by atoms with E-state index in [1.165, 1.54) is 0 Å². The minimum atomic E-state index is -0.667. The molecule has 0 aromatic carbocycles. The third-order valence-corrected chi connectivity index (χ3v) is 2.84. The molecule has 1 fully saturated rings. The Hall–Kier alpha value is -0.640. The van der Waals surface area contributed by atoms with Gasteiger partial charge in [-0.1, -0.05) is 20.8 Å². The van der Waals surface area contributed by atoms with Crippen LogP contribution < -0.4 is 5.32 Å². The number of halogens is 1. The Morgan fingerprint density at radius 3 is 2.53 bits per heavy atom. The Kier molecular flexibility index (Phi) is 4.51. The summed E-state index contributed by atoms with van der Waals surface area (Å²) in [6.07, 6.45) is -0.158. The zero-order valence-corrected chi connectivity index (χ0v) is 9.79. The predicted octanol–water partition coefficient (Wildman–Crippen LogP) is 1.19. The number of carbonyl (C=O) groups excluding carboxylic acids is 1. The van der Waals surface area contributed by atoms with E-state index >= 15 is 0 Å². The van der Waals surface area contributed by atoms with E-state index in [9.17, 15) is 9.18 Å². The molecule has 0 aromatic rings. The van der Waals surface area contributed by atoms with Gasteiger partial charge in [0.05, 0.1) is 0 Å². The van der Waals surface area contributed by atoms with Gasteiger partial charge in [-0.3, -0.25) is 9.69 Å². The number of hydrogen-bond donors (Lipinski definition) is 1. The number of amides is 1. The SMILES string of the molecule is CCC(=O)NC(CN1CC(F)C1)C(C)C. The minimum absolute atomic E-state index is 0.0750. The molecular formula is C11H21FN2O. The molecule has 0 spiro atoms. The zero-order chi connectivity index (χ0) is 11.4. The van der Waals surface area contributed by atoms with Gasteiger partial charge in [0.25, 0.3) is 0 Å². The fraction of sp³-hybridized carbons (Fsp3) is 0.909. The molecule has 1 amide bonds. The number of nitrogens with zero attached hydrogens (tertiary/aromatic N) is 1. The quantitative estimate of drug-likeness (QED) is 0.748. The van der Waals surface area contributed by atoms with Crippen LogP contribution in [0.4, 0.5) is 4.39 Å². The third kappa shape index (κ3) is 3.78. The largest absolute Gasteiger partial charge is 0.352 e. The van der Waals surface area contributed by atoms with Crippen molar-refractivity contribution >= 4 is 5.91 Å². The Bertz CT molecular complexity index is 215. The maximum absolute atomic E-state index is 12.6. The molecular weight excluding hydrogens is 195 g/mol. The van der Waals surface area contributed by atoms with E-state index < -0.39 is 6.17 Å². The smallest absolute Gasteiger partial charge is 0.219 e. The van der Waals surface area contributed by atoms with E-state index in [1.807, 2.05) is 11.8 Å². The highest BCUT2D eigenvalue weighted by molar-refractivity contribution is 5.75. The van der Waals surface area contributed by atoms with Crippen LogP contribution in [0.25, 0.3) is 0 Å². The summed E-state index contributed by atoms with van der Waals surface area (Å²) < 4.78 is 12.6. The summed E-state index contributed by atoms with van der Waals surface area (Å²) in [6.45, 7) is 7.80. The summed E-state index contributed by atoms with van der Waals surface area (Å²) in [5.74, 6) is 0.463. The number of alkyl halides is 1. The summed E-state index contributed by atoms with van der Waals surface area (Å²) >= 11 is 0. The summed E-state index contributed by atoms with van der Waals surface area (Å²) in [7, 11) is 0. The van der Waals surface area contributed by atoms with Gasteiger partial charge in [-0.2, -0.15) is 0 Å². The average Bonchev–Trinajstić information content (AvgIpc) is 2.13. The van der Waals surface area contributed by atoms with Gasteiger partial charge in [-0.15, -0.1) is 0 Å². The molecule has 4 heteroatoms. The van der Waals surface area contributed by atoms with Crippen LogP contribution in [0.1, 0.15) is 27.2 Å². The first-order valence-electron chi connectivity index (χ1n) is 5.68. The second-order valence-corrected chi connectivity index (χ2v) is 4.59. The molecule has 1 heterocycles. The van der Waals surface area contributed by atoms with E-state index in [-0.39, 0.29) is 11.9 Å². The van der Waals surface area contributed by atoms with Crippen molar-refractivity contribution < 1.29 is 9.18 Å². The maximum Gasteiger partial charge on any atom is 0.219 e. The molecule has 88 valence electrons. The molecule has 0 aliphatic carbocycles. The molecule has 0 saturated carbocycles. The molecule has 0 radical (unpaired) electrons. The lowest BCUT2D eigenvalue weighted by Crippen LogP contribution is -2.55. The van der Waals surface area contributed by atoms with Gasteiger partial charge >= 0.3 is 0 Å². The first kappa shape index (κ1) is 12.4. The fourth-order valence-corrected chi connectivity index (χ4v) is 1.67. The number of nitrogens with one attached hydrogen (secondary N) is 1. The van der Waals surface area contributed by atoms with Crippen LogP contribution in [0, 0.1) is 5.92 Å². The van der Waals surface area contributed by atoms with Crippen LogP contribution in [-0.2, 0) is 4.79 Å². The molecule has 0 aromatic heterocycles. The van der Waals surface area contributed by atoms with Gasteiger partial charge in [-0.05, 0) is 5.92 Å². The Labute approximate surface area is 91.0 Å². The predicted molar refractivity (Wildman–Crippen MR) is 58.4 cm³/mol. The number of hydrogen-bond acceptors (Lipinski definition) is 2. The Morgan fingerprint density at radius 2 is 2.13 bits per heavy atom. The molecule has 3 nitrogen and oxygen atoms in total. The maximum atomic E-state index is 12.6. The summed E-state index contributed by atoms with van der Waals surface area (Å²) in [6, 6.07) is 0.143. The van der Waals surface area contributed by atoms with Gasteiger partial charge in [0.2, 0.25) is 5.91 Å². The summed E-state index contributed by atoms with van der Waals surface area (Å²) in [5.41, 5.74) is 0. The first-order chi connectivity index (χ1) is 7.02. The molecule has 1 unspecified atom stereocenters. The van der Waals surface area contributed by atoms with E-state index in [2.05, 4.69) is 19.2 Å². The van der Waals surface area contributed by atoms with E-state index in [4.69, 9.17) is 0 Å². The van der Waals surface area contributed by atoms with E-state index in [0.717, 1.165) is 6.54 Å². The lowest BCUT2D eigenvalue weighted by atomic mass is 10.0. The summed E-state index contributed by atoms with van der Waals surface area (Å²) in [5, 5.41) is 2.98. The van der Waals surface area contributed by atoms with Crippen molar-refractivity contribution in [3.05, 3.63) is 0 Å². The monoisotopic (exact) mass is 216 g/mol.